The maximum absolute atomic E-state index is 13.2. The molecule has 7 rings (SSSR count). The summed E-state index contributed by atoms with van der Waals surface area (Å²) < 4.78 is 7.45. The number of nitrogens with zero attached hydrogens (tertiary/aromatic N) is 7. The maximum atomic E-state index is 13.2. The second-order valence-electron chi connectivity index (χ2n) is 13.9. The number of carbonyl (C=O) groups excluding carboxylic acids is 1. The fourth-order valence-electron chi connectivity index (χ4n) is 6.85. The van der Waals surface area contributed by atoms with Crippen LogP contribution in [-0.4, -0.2) is 62.3 Å². The molecule has 3 aromatic heterocycles. The standard InChI is InChI=1S/C39H43N7O3/c1-39(2,3)49-38(48)44-23-21-43(22-24-44)32-18-19-34(40-27-32)46(33-16-10-7-13-29(33)25-28-11-5-4-6-12-28)37-41-26-30-17-20-35(47)45(36(30)42-37)31-14-8-9-15-31/h4-7,10-13,16-20,26-27,31H,8-9,14-15,21-25H2,1-3H3. The lowest BCUT2D eigenvalue weighted by Crippen LogP contribution is -2.50. The Morgan fingerprint density at radius 2 is 1.59 bits per heavy atom. The molecule has 1 aliphatic heterocycles. The van der Waals surface area contributed by atoms with Gasteiger partial charge in [0.25, 0.3) is 5.56 Å². The number of pyridine rings is 2. The molecule has 1 saturated carbocycles. The number of hydrogen-bond donors (Lipinski definition) is 0. The van der Waals surface area contributed by atoms with Crippen LogP contribution in [-0.2, 0) is 11.2 Å². The van der Waals surface area contributed by atoms with Crippen molar-refractivity contribution in [2.24, 2.45) is 0 Å². The average molecular weight is 658 g/mol. The van der Waals surface area contributed by atoms with Crippen LogP contribution in [0.1, 0.15) is 63.6 Å². The van der Waals surface area contributed by atoms with Gasteiger partial charge in [-0.2, -0.15) is 4.98 Å². The molecule has 2 aliphatic rings. The van der Waals surface area contributed by atoms with Crippen molar-refractivity contribution in [3.8, 4) is 0 Å². The Balaban J connectivity index is 1.25. The number of benzene rings is 2. The molecule has 0 N–H and O–H groups in total. The molecule has 1 saturated heterocycles. The number of hydrogen-bond acceptors (Lipinski definition) is 8. The minimum Gasteiger partial charge on any atom is -0.444 e. The molecule has 49 heavy (non-hydrogen) atoms. The second kappa shape index (κ2) is 13.7. The van der Waals surface area contributed by atoms with Crippen LogP contribution in [0.25, 0.3) is 11.0 Å². The highest BCUT2D eigenvalue weighted by atomic mass is 16.6. The molecule has 2 aromatic carbocycles. The smallest absolute Gasteiger partial charge is 0.410 e. The van der Waals surface area contributed by atoms with E-state index in [2.05, 4.69) is 47.4 Å². The summed E-state index contributed by atoms with van der Waals surface area (Å²) in [5.41, 5.74) is 4.27. The first kappa shape index (κ1) is 32.3. The summed E-state index contributed by atoms with van der Waals surface area (Å²) in [6, 6.07) is 26.3. The van der Waals surface area contributed by atoms with E-state index in [1.165, 1.54) is 5.56 Å². The molecule has 0 bridgehead atoms. The summed E-state index contributed by atoms with van der Waals surface area (Å²) >= 11 is 0. The summed E-state index contributed by atoms with van der Waals surface area (Å²) in [5, 5.41) is 0.835. The zero-order chi connectivity index (χ0) is 34.0. The van der Waals surface area contributed by atoms with Crippen molar-refractivity contribution in [2.75, 3.05) is 36.0 Å². The molecule has 0 spiro atoms. The van der Waals surface area contributed by atoms with E-state index in [1.54, 1.807) is 11.0 Å². The minimum atomic E-state index is -0.525. The van der Waals surface area contributed by atoms with Gasteiger partial charge >= 0.3 is 6.09 Å². The van der Waals surface area contributed by atoms with Crippen molar-refractivity contribution in [3.05, 3.63) is 113 Å². The molecule has 252 valence electrons. The number of anilines is 4. The highest BCUT2D eigenvalue weighted by Crippen LogP contribution is 2.37. The summed E-state index contributed by atoms with van der Waals surface area (Å²) in [7, 11) is 0. The fraction of sp³-hybridized carbons (Fsp3) is 0.359. The molecule has 0 radical (unpaired) electrons. The van der Waals surface area contributed by atoms with E-state index in [9.17, 15) is 9.59 Å². The molecule has 1 aliphatic carbocycles. The minimum absolute atomic E-state index is 0.0330. The predicted octanol–water partition coefficient (Wildman–Crippen LogP) is 7.42. The van der Waals surface area contributed by atoms with Gasteiger partial charge in [0.05, 0.1) is 17.6 Å². The van der Waals surface area contributed by atoms with Gasteiger partial charge in [0, 0.05) is 49.9 Å². The van der Waals surface area contributed by atoms with E-state index in [0.717, 1.165) is 48.0 Å². The highest BCUT2D eigenvalue weighted by molar-refractivity contribution is 5.79. The molecule has 0 atom stereocenters. The Kier molecular flexibility index (Phi) is 9.03. The summed E-state index contributed by atoms with van der Waals surface area (Å²) in [5.74, 6) is 1.12. The number of aromatic nitrogens is 4. The van der Waals surface area contributed by atoms with Crippen LogP contribution < -0.4 is 15.4 Å². The fourth-order valence-corrected chi connectivity index (χ4v) is 6.85. The van der Waals surface area contributed by atoms with Gasteiger partial charge in [-0.15, -0.1) is 0 Å². The zero-order valence-corrected chi connectivity index (χ0v) is 28.5. The normalized spacial score (nSPS) is 15.5. The Morgan fingerprint density at radius 1 is 0.857 bits per heavy atom. The molecular weight excluding hydrogens is 614 g/mol. The van der Waals surface area contributed by atoms with Crippen LogP contribution in [0.3, 0.4) is 0 Å². The highest BCUT2D eigenvalue weighted by Gasteiger charge is 2.27. The summed E-state index contributed by atoms with van der Waals surface area (Å²) in [6.07, 6.45) is 8.28. The lowest BCUT2D eigenvalue weighted by molar-refractivity contribution is 0.0240. The third-order valence-corrected chi connectivity index (χ3v) is 9.27. The van der Waals surface area contributed by atoms with Crippen LogP contribution in [0.15, 0.2) is 96.1 Å². The number of piperazine rings is 1. The van der Waals surface area contributed by atoms with E-state index < -0.39 is 5.60 Å². The molecule has 4 heterocycles. The van der Waals surface area contributed by atoms with Gasteiger partial charge in [-0.3, -0.25) is 14.3 Å². The molecule has 2 fully saturated rings. The first-order chi connectivity index (χ1) is 23.7. The van der Waals surface area contributed by atoms with E-state index in [-0.39, 0.29) is 17.7 Å². The molecule has 10 nitrogen and oxygen atoms in total. The van der Waals surface area contributed by atoms with E-state index in [0.29, 0.717) is 50.0 Å². The molecule has 5 aromatic rings. The SMILES string of the molecule is CC(C)(C)OC(=O)N1CCN(c2ccc(N(c3ncc4ccc(=O)n(C5CCCC5)c4n3)c3ccccc3Cc3ccccc3)nc2)CC1. The largest absolute Gasteiger partial charge is 0.444 e. The Bertz CT molecular complexity index is 1970. The lowest BCUT2D eigenvalue weighted by atomic mass is 10.0. The second-order valence-corrected chi connectivity index (χ2v) is 13.9. The van der Waals surface area contributed by atoms with Gasteiger partial charge in [0.15, 0.2) is 0 Å². The van der Waals surface area contributed by atoms with Gasteiger partial charge in [-0.05, 0) is 75.4 Å². The van der Waals surface area contributed by atoms with Crippen LogP contribution in [0.2, 0.25) is 0 Å². The van der Waals surface area contributed by atoms with Gasteiger partial charge in [0.1, 0.15) is 17.1 Å². The van der Waals surface area contributed by atoms with Crippen LogP contribution in [0.4, 0.5) is 27.9 Å². The number of para-hydroxylation sites is 1. The number of carbonyl (C=O) groups is 1. The van der Waals surface area contributed by atoms with Gasteiger partial charge in [-0.1, -0.05) is 61.4 Å². The van der Waals surface area contributed by atoms with Crippen molar-refractivity contribution in [1.29, 1.82) is 0 Å². The quantitative estimate of drug-likeness (QED) is 0.178. The Hall–Kier alpha value is -5.25. The first-order valence-electron chi connectivity index (χ1n) is 17.2. The van der Waals surface area contributed by atoms with Gasteiger partial charge < -0.3 is 14.5 Å². The third kappa shape index (κ3) is 7.13. The van der Waals surface area contributed by atoms with E-state index in [1.807, 2.05) is 73.0 Å². The van der Waals surface area contributed by atoms with E-state index >= 15 is 0 Å². The van der Waals surface area contributed by atoms with Crippen molar-refractivity contribution in [2.45, 2.75) is 64.5 Å². The Labute approximate surface area is 287 Å². The Morgan fingerprint density at radius 3 is 2.31 bits per heavy atom. The molecule has 1 amide bonds. The van der Waals surface area contributed by atoms with Crippen molar-refractivity contribution >= 4 is 40.3 Å². The maximum Gasteiger partial charge on any atom is 0.410 e. The predicted molar refractivity (Wildman–Crippen MR) is 193 cm³/mol. The number of ether oxygens (including phenoxy) is 1. The van der Waals surface area contributed by atoms with E-state index in [4.69, 9.17) is 19.7 Å². The topological polar surface area (TPSA) is 96.7 Å². The van der Waals surface area contributed by atoms with Crippen molar-refractivity contribution < 1.29 is 9.53 Å². The summed E-state index contributed by atoms with van der Waals surface area (Å²) in [6.45, 7) is 8.15. The number of rotatable bonds is 7. The van der Waals surface area contributed by atoms with Crippen molar-refractivity contribution in [1.82, 2.24) is 24.4 Å². The molecular formula is C39H43N7O3. The average Bonchev–Trinajstić information content (AvgIpc) is 3.64. The monoisotopic (exact) mass is 657 g/mol. The zero-order valence-electron chi connectivity index (χ0n) is 28.5. The van der Waals surface area contributed by atoms with Crippen molar-refractivity contribution in [3.63, 3.8) is 0 Å². The van der Waals surface area contributed by atoms with Crippen LogP contribution in [0, 0.1) is 0 Å². The third-order valence-electron chi connectivity index (χ3n) is 9.27. The van der Waals surface area contributed by atoms with Crippen LogP contribution >= 0.6 is 0 Å². The lowest BCUT2D eigenvalue weighted by Gasteiger charge is -2.36. The number of amides is 1. The first-order valence-corrected chi connectivity index (χ1v) is 17.2. The summed E-state index contributed by atoms with van der Waals surface area (Å²) in [4.78, 5) is 46.8. The van der Waals surface area contributed by atoms with Gasteiger partial charge in [0.2, 0.25) is 5.95 Å². The molecule has 10 heteroatoms. The van der Waals surface area contributed by atoms with Gasteiger partial charge in [-0.25, -0.2) is 14.8 Å². The number of fused-ring (bicyclic) bond motifs is 1. The molecule has 0 unspecified atom stereocenters. The van der Waals surface area contributed by atoms with Crippen LogP contribution in [0.5, 0.6) is 0 Å².